The maximum Gasteiger partial charge on any atom is 0.317 e. The highest BCUT2D eigenvalue weighted by molar-refractivity contribution is 6.81. The summed E-state index contributed by atoms with van der Waals surface area (Å²) in [6.07, 6.45) is 0.981. The summed E-state index contributed by atoms with van der Waals surface area (Å²) in [7, 11) is -5.03. The van der Waals surface area contributed by atoms with Crippen molar-refractivity contribution in [3.63, 3.8) is 0 Å². The first kappa shape index (κ1) is 15.7. The largest absolute Gasteiger partial charge is 0.420 e. The Hall–Kier alpha value is 0.668. The molecule has 0 amide bonds. The summed E-state index contributed by atoms with van der Waals surface area (Å²) in [6, 6.07) is 0.957. The summed E-state index contributed by atoms with van der Waals surface area (Å²) >= 11 is 0. The lowest BCUT2D eigenvalue weighted by Crippen LogP contribution is -2.53. The first-order valence-corrected chi connectivity index (χ1v) is 14.9. The number of rotatable bonds is 4. The average Bonchev–Trinajstić information content (AvgIpc) is 2.14. The molecular formula is C8H24O5Si4. The second kappa shape index (κ2) is 7.30. The molecule has 9 heteroatoms. The van der Waals surface area contributed by atoms with Gasteiger partial charge >= 0.3 is 8.56 Å². The summed E-state index contributed by atoms with van der Waals surface area (Å²) in [6.45, 7) is 9.06. The van der Waals surface area contributed by atoms with Crippen LogP contribution in [0.2, 0.25) is 32.2 Å². The van der Waals surface area contributed by atoms with Gasteiger partial charge in [-0.25, -0.2) is 0 Å². The van der Waals surface area contributed by atoms with Gasteiger partial charge in [0.15, 0.2) is 0 Å². The number of hydrogen-bond acceptors (Lipinski definition) is 5. The third kappa shape index (κ3) is 5.89. The Balaban J connectivity index is 2.55. The van der Waals surface area contributed by atoms with Crippen molar-refractivity contribution in [1.82, 2.24) is 0 Å². The highest BCUT2D eigenvalue weighted by atomic mass is 28.5. The van der Waals surface area contributed by atoms with Crippen molar-refractivity contribution in [1.29, 1.82) is 0 Å². The van der Waals surface area contributed by atoms with E-state index in [-0.39, 0.29) is 0 Å². The van der Waals surface area contributed by atoms with Crippen LogP contribution in [-0.2, 0) is 21.2 Å². The van der Waals surface area contributed by atoms with E-state index in [1.54, 1.807) is 7.11 Å². The highest BCUT2D eigenvalue weighted by Gasteiger charge is 2.38. The van der Waals surface area contributed by atoms with Crippen LogP contribution in [0.4, 0.5) is 0 Å². The first-order chi connectivity index (χ1) is 7.95. The summed E-state index contributed by atoms with van der Waals surface area (Å²) in [5, 5.41) is 0. The van der Waals surface area contributed by atoms with Gasteiger partial charge in [-0.3, -0.25) is 0 Å². The zero-order valence-corrected chi connectivity index (χ0v) is 15.9. The number of hydrogen-bond donors (Lipinski definition) is 0. The van der Waals surface area contributed by atoms with Crippen LogP contribution >= 0.6 is 0 Å². The predicted octanol–water partition coefficient (Wildman–Crippen LogP) is 0.726. The van der Waals surface area contributed by atoms with Crippen molar-refractivity contribution in [2.75, 3.05) is 13.7 Å². The summed E-state index contributed by atoms with van der Waals surface area (Å²) in [5.41, 5.74) is 0. The maximum absolute atomic E-state index is 6.13. The Labute approximate surface area is 110 Å². The molecule has 0 N–H and O–H groups in total. The minimum absolute atomic E-state index is 0.758. The average molecular weight is 313 g/mol. The Bertz CT molecular complexity index is 218. The van der Waals surface area contributed by atoms with Crippen molar-refractivity contribution in [3.8, 4) is 0 Å². The second-order valence-electron chi connectivity index (χ2n) is 4.44. The lowest BCUT2D eigenvalue weighted by molar-refractivity contribution is 0.194. The molecule has 0 saturated carbocycles. The molecule has 1 aliphatic rings. The summed E-state index contributed by atoms with van der Waals surface area (Å²) < 4.78 is 29.1. The Kier molecular flexibility index (Phi) is 6.76. The standard InChI is InChI=1S/C8H24O5Si4/c1-9-7-6-8-17(5)12-15(3)10-14(2)11-16(4)13-17/h14-16H,6-8H2,1-5H3. The predicted molar refractivity (Wildman–Crippen MR) is 76.3 cm³/mol. The van der Waals surface area contributed by atoms with Crippen LogP contribution in [0.3, 0.4) is 0 Å². The number of methoxy groups -OCH3 is 1. The molecule has 1 heterocycles. The van der Waals surface area contributed by atoms with E-state index in [4.69, 9.17) is 21.2 Å². The normalized spacial score (nSPS) is 39.7. The zero-order valence-electron chi connectivity index (χ0n) is 11.4. The van der Waals surface area contributed by atoms with E-state index < -0.39 is 36.4 Å². The Morgan fingerprint density at radius 1 is 1.00 bits per heavy atom. The van der Waals surface area contributed by atoms with Gasteiger partial charge in [-0.15, -0.1) is 0 Å². The lowest BCUT2D eigenvalue weighted by atomic mass is 10.5. The molecule has 0 bridgehead atoms. The molecule has 5 nitrogen and oxygen atoms in total. The van der Waals surface area contributed by atoms with Gasteiger partial charge in [0.1, 0.15) is 0 Å². The van der Waals surface area contributed by atoms with Crippen LogP contribution in [0.15, 0.2) is 0 Å². The molecule has 0 aromatic rings. The fourth-order valence-corrected chi connectivity index (χ4v) is 16.7. The van der Waals surface area contributed by atoms with E-state index in [9.17, 15) is 0 Å². The van der Waals surface area contributed by atoms with Crippen molar-refractivity contribution in [2.45, 2.75) is 38.7 Å². The molecule has 0 radical (unpaired) electrons. The van der Waals surface area contributed by atoms with Crippen LogP contribution in [0.5, 0.6) is 0 Å². The van der Waals surface area contributed by atoms with Gasteiger partial charge in [0.2, 0.25) is 0 Å². The summed E-state index contributed by atoms with van der Waals surface area (Å²) in [5.74, 6) is 0. The van der Waals surface area contributed by atoms with Crippen LogP contribution in [0, 0.1) is 0 Å². The van der Waals surface area contributed by atoms with Gasteiger partial charge in [-0.2, -0.15) is 0 Å². The van der Waals surface area contributed by atoms with Crippen LogP contribution in [0.25, 0.3) is 0 Å². The van der Waals surface area contributed by atoms with Gasteiger partial charge < -0.3 is 21.2 Å². The van der Waals surface area contributed by atoms with E-state index >= 15 is 0 Å². The molecule has 0 spiro atoms. The molecule has 1 rings (SSSR count). The third-order valence-corrected chi connectivity index (χ3v) is 16.6. The van der Waals surface area contributed by atoms with Gasteiger partial charge in [0.25, 0.3) is 27.9 Å². The van der Waals surface area contributed by atoms with E-state index in [0.717, 1.165) is 19.1 Å². The van der Waals surface area contributed by atoms with Gasteiger partial charge in [0, 0.05) is 13.7 Å². The molecule has 1 saturated heterocycles. The van der Waals surface area contributed by atoms with Crippen molar-refractivity contribution in [3.05, 3.63) is 0 Å². The van der Waals surface area contributed by atoms with E-state index in [2.05, 4.69) is 26.2 Å². The first-order valence-electron chi connectivity index (χ1n) is 6.10. The van der Waals surface area contributed by atoms with Crippen LogP contribution in [0.1, 0.15) is 6.42 Å². The van der Waals surface area contributed by atoms with Crippen molar-refractivity contribution < 1.29 is 21.2 Å². The molecule has 2 atom stereocenters. The molecule has 1 fully saturated rings. The van der Waals surface area contributed by atoms with Gasteiger partial charge in [-0.05, 0) is 38.7 Å². The molecule has 0 aromatic heterocycles. The smallest absolute Gasteiger partial charge is 0.317 e. The SMILES string of the molecule is COCCC[Si]1(C)O[SiH](C)O[SiH](C)O[SiH](C)O1. The Morgan fingerprint density at radius 3 is 2.00 bits per heavy atom. The Morgan fingerprint density at radius 2 is 1.53 bits per heavy atom. The summed E-state index contributed by atoms with van der Waals surface area (Å²) in [4.78, 5) is 0. The topological polar surface area (TPSA) is 46.2 Å². The van der Waals surface area contributed by atoms with Gasteiger partial charge in [-0.1, -0.05) is 0 Å². The maximum atomic E-state index is 6.13. The van der Waals surface area contributed by atoms with Crippen LogP contribution in [-0.4, -0.2) is 50.1 Å². The van der Waals surface area contributed by atoms with Crippen LogP contribution < -0.4 is 0 Å². The minimum atomic E-state index is -2.10. The monoisotopic (exact) mass is 312 g/mol. The molecule has 102 valence electrons. The van der Waals surface area contributed by atoms with E-state index in [0.29, 0.717) is 0 Å². The highest BCUT2D eigenvalue weighted by Crippen LogP contribution is 2.21. The minimum Gasteiger partial charge on any atom is -0.420 e. The molecule has 17 heavy (non-hydrogen) atoms. The van der Waals surface area contributed by atoms with E-state index in [1.807, 2.05) is 0 Å². The third-order valence-electron chi connectivity index (χ3n) is 2.58. The van der Waals surface area contributed by atoms with E-state index in [1.165, 1.54) is 0 Å². The molecule has 2 unspecified atom stereocenters. The fourth-order valence-electron chi connectivity index (χ4n) is 2.01. The van der Waals surface area contributed by atoms with Gasteiger partial charge in [0.05, 0.1) is 0 Å². The zero-order chi connectivity index (χ0) is 12.9. The van der Waals surface area contributed by atoms with Crippen molar-refractivity contribution >= 4 is 36.4 Å². The second-order valence-corrected chi connectivity index (χ2v) is 14.7. The molecule has 1 aliphatic heterocycles. The number of ether oxygens (including phenoxy) is 1. The quantitative estimate of drug-likeness (QED) is 0.565. The fraction of sp³-hybridized carbons (Fsp3) is 1.00. The molecular weight excluding hydrogens is 288 g/mol. The molecule has 0 aliphatic carbocycles. The molecule has 0 aromatic carbocycles. The van der Waals surface area contributed by atoms with Crippen molar-refractivity contribution in [2.24, 2.45) is 0 Å². The lowest BCUT2D eigenvalue weighted by Gasteiger charge is -2.37.